The maximum Gasteiger partial charge on any atom is 0.261 e. The lowest BCUT2D eigenvalue weighted by Crippen LogP contribution is -2.38. The van der Waals surface area contributed by atoms with E-state index in [0.717, 1.165) is 0 Å². The summed E-state index contributed by atoms with van der Waals surface area (Å²) in [6, 6.07) is 8.50. The van der Waals surface area contributed by atoms with Gasteiger partial charge in [-0.3, -0.25) is 9.59 Å². The van der Waals surface area contributed by atoms with E-state index in [-0.39, 0.29) is 18.2 Å². The maximum absolute atomic E-state index is 12.1. The Bertz CT molecular complexity index is 709. The van der Waals surface area contributed by atoms with Gasteiger partial charge in [-0.05, 0) is 26.0 Å². The fraction of sp³-hybridized carbons (Fsp3) is 0.250. The average molecular weight is 338 g/mol. The van der Waals surface area contributed by atoms with Crippen molar-refractivity contribution in [2.45, 2.75) is 19.4 Å². The number of thiophene rings is 1. The van der Waals surface area contributed by atoms with Crippen molar-refractivity contribution in [2.75, 3.05) is 6.54 Å². The second kappa shape index (κ2) is 6.60. The Morgan fingerprint density at radius 1 is 1.36 bits per heavy atom. The molecule has 2 aromatic rings. The Morgan fingerprint density at radius 3 is 2.64 bits per heavy atom. The number of hydrogen-bond donors (Lipinski definition) is 2. The van der Waals surface area contributed by atoms with Crippen LogP contribution in [-0.2, 0) is 5.60 Å². The van der Waals surface area contributed by atoms with Crippen LogP contribution in [0.1, 0.15) is 39.4 Å². The zero-order chi connectivity index (χ0) is 16.3. The lowest BCUT2D eigenvalue weighted by Gasteiger charge is -2.25. The van der Waals surface area contributed by atoms with Crippen LogP contribution in [-0.4, -0.2) is 23.3 Å². The lowest BCUT2D eigenvalue weighted by atomic mass is 9.96. The van der Waals surface area contributed by atoms with E-state index < -0.39 is 5.60 Å². The molecular weight excluding hydrogens is 322 g/mol. The summed E-state index contributed by atoms with van der Waals surface area (Å²) < 4.78 is 0. The third-order valence-corrected chi connectivity index (χ3v) is 4.54. The molecule has 1 amide bonds. The largest absolute Gasteiger partial charge is 0.384 e. The first-order valence-electron chi connectivity index (χ1n) is 6.66. The van der Waals surface area contributed by atoms with Gasteiger partial charge >= 0.3 is 0 Å². The molecule has 4 nitrogen and oxygen atoms in total. The fourth-order valence-electron chi connectivity index (χ4n) is 1.97. The first kappa shape index (κ1) is 16.7. The smallest absolute Gasteiger partial charge is 0.261 e. The van der Waals surface area contributed by atoms with Crippen molar-refractivity contribution in [1.29, 1.82) is 0 Å². The topological polar surface area (TPSA) is 66.4 Å². The van der Waals surface area contributed by atoms with Crippen LogP contribution < -0.4 is 5.32 Å². The van der Waals surface area contributed by atoms with Gasteiger partial charge < -0.3 is 10.4 Å². The molecule has 0 unspecified atom stereocenters. The molecule has 0 aliphatic carbocycles. The summed E-state index contributed by atoms with van der Waals surface area (Å²) in [5.41, 5.74) is -0.227. The molecule has 0 spiro atoms. The van der Waals surface area contributed by atoms with Gasteiger partial charge in [-0.15, -0.1) is 11.3 Å². The minimum Gasteiger partial charge on any atom is -0.384 e. The Balaban J connectivity index is 2.06. The molecule has 1 atom stereocenters. The zero-order valence-electron chi connectivity index (χ0n) is 12.2. The van der Waals surface area contributed by atoms with Crippen LogP contribution >= 0.6 is 22.9 Å². The molecule has 0 aliphatic heterocycles. The van der Waals surface area contributed by atoms with Gasteiger partial charge in [0.2, 0.25) is 0 Å². The zero-order valence-corrected chi connectivity index (χ0v) is 13.8. The molecule has 0 radical (unpaired) electrons. The van der Waals surface area contributed by atoms with Crippen LogP contribution in [0.25, 0.3) is 0 Å². The van der Waals surface area contributed by atoms with Crippen molar-refractivity contribution >= 4 is 34.6 Å². The van der Waals surface area contributed by atoms with Gasteiger partial charge in [0.25, 0.3) is 5.91 Å². The highest BCUT2D eigenvalue weighted by Gasteiger charge is 2.26. The van der Waals surface area contributed by atoms with Gasteiger partial charge in [0.1, 0.15) is 5.60 Å². The number of rotatable bonds is 5. The van der Waals surface area contributed by atoms with Gasteiger partial charge in [0, 0.05) is 21.5 Å². The van der Waals surface area contributed by atoms with Gasteiger partial charge in [-0.2, -0.15) is 0 Å². The quantitative estimate of drug-likeness (QED) is 0.823. The number of aliphatic hydroxyl groups is 1. The van der Waals surface area contributed by atoms with Crippen molar-refractivity contribution in [1.82, 2.24) is 5.32 Å². The molecular formula is C16H16ClNO3S. The summed E-state index contributed by atoms with van der Waals surface area (Å²) in [6.45, 7) is 3.05. The molecule has 6 heteroatoms. The van der Waals surface area contributed by atoms with Crippen molar-refractivity contribution in [3.05, 3.63) is 56.7 Å². The van der Waals surface area contributed by atoms with Gasteiger partial charge in [0.05, 0.1) is 11.4 Å². The lowest BCUT2D eigenvalue weighted by molar-refractivity contribution is 0.0528. The Hall–Kier alpha value is -1.69. The Labute approximate surface area is 137 Å². The molecule has 0 aliphatic rings. The van der Waals surface area contributed by atoms with Crippen molar-refractivity contribution in [3.63, 3.8) is 0 Å². The summed E-state index contributed by atoms with van der Waals surface area (Å²) in [6.07, 6.45) is 0. The van der Waals surface area contributed by atoms with Crippen LogP contribution in [0, 0.1) is 0 Å². The number of benzene rings is 1. The number of nitrogens with one attached hydrogen (secondary N) is 1. The van der Waals surface area contributed by atoms with Gasteiger partial charge in [-0.25, -0.2) is 0 Å². The van der Waals surface area contributed by atoms with Crippen LogP contribution in [0.5, 0.6) is 0 Å². The van der Waals surface area contributed by atoms with E-state index >= 15 is 0 Å². The van der Waals surface area contributed by atoms with E-state index in [9.17, 15) is 14.7 Å². The third-order valence-electron chi connectivity index (χ3n) is 3.28. The predicted molar refractivity (Wildman–Crippen MR) is 87.7 cm³/mol. The van der Waals surface area contributed by atoms with E-state index in [2.05, 4.69) is 5.32 Å². The highest BCUT2D eigenvalue weighted by molar-refractivity contribution is 7.12. The predicted octanol–water partition coefficient (Wildman–Crippen LogP) is 3.24. The molecule has 22 heavy (non-hydrogen) atoms. The van der Waals surface area contributed by atoms with E-state index in [1.54, 1.807) is 42.6 Å². The first-order chi connectivity index (χ1) is 10.3. The van der Waals surface area contributed by atoms with Crippen molar-refractivity contribution in [2.24, 2.45) is 0 Å². The normalized spacial score (nSPS) is 13.5. The number of hydrogen-bond acceptors (Lipinski definition) is 4. The molecule has 2 N–H and O–H groups in total. The minimum absolute atomic E-state index is 0.0167. The highest BCUT2D eigenvalue weighted by Crippen LogP contribution is 2.27. The third kappa shape index (κ3) is 3.74. The molecule has 1 aromatic heterocycles. The first-order valence-corrected chi connectivity index (χ1v) is 7.92. The molecule has 116 valence electrons. The number of carbonyl (C=O) groups is 2. The van der Waals surface area contributed by atoms with E-state index in [4.69, 9.17) is 11.6 Å². The van der Waals surface area contributed by atoms with Crippen molar-refractivity contribution < 1.29 is 14.7 Å². The monoisotopic (exact) mass is 337 g/mol. The standard InChI is InChI=1S/C16H16ClNO3S/c1-10(19)11-7-14(22-8-11)15(20)18-9-16(2,21)12-5-3-4-6-13(12)17/h3-8,21H,9H2,1-2H3,(H,18,20)/t16-/m0/s1. The molecule has 0 saturated carbocycles. The minimum atomic E-state index is -1.28. The molecule has 1 aromatic carbocycles. The van der Waals surface area contributed by atoms with E-state index in [0.29, 0.717) is 21.0 Å². The SMILES string of the molecule is CC(=O)c1csc(C(=O)NC[C@](C)(O)c2ccccc2Cl)c1. The molecule has 0 fully saturated rings. The van der Waals surface area contributed by atoms with Gasteiger partial charge in [0.15, 0.2) is 5.78 Å². The van der Waals surface area contributed by atoms with E-state index in [1.807, 2.05) is 0 Å². The van der Waals surface area contributed by atoms with E-state index in [1.165, 1.54) is 18.3 Å². The van der Waals surface area contributed by atoms with Crippen molar-refractivity contribution in [3.8, 4) is 0 Å². The molecule has 2 rings (SSSR count). The summed E-state index contributed by atoms with van der Waals surface area (Å²) in [5.74, 6) is -0.414. The maximum atomic E-state index is 12.1. The van der Waals surface area contributed by atoms with Gasteiger partial charge in [-0.1, -0.05) is 29.8 Å². The molecule has 0 bridgehead atoms. The van der Waals surface area contributed by atoms with Crippen LogP contribution in [0.15, 0.2) is 35.7 Å². The number of amides is 1. The Morgan fingerprint density at radius 2 is 2.05 bits per heavy atom. The number of halogens is 1. The summed E-state index contributed by atoms with van der Waals surface area (Å²) in [7, 11) is 0. The fourth-order valence-corrected chi connectivity index (χ4v) is 3.17. The molecule has 1 heterocycles. The Kier molecular flexibility index (Phi) is 5.01. The number of Topliss-reactive ketones (excluding diaryl/α,β-unsaturated/α-hetero) is 1. The molecule has 0 saturated heterocycles. The average Bonchev–Trinajstić information content (AvgIpc) is 2.95. The van der Waals surface area contributed by atoms with Crippen LogP contribution in [0.4, 0.5) is 0 Å². The summed E-state index contributed by atoms with van der Waals surface area (Å²) >= 11 is 7.27. The number of ketones is 1. The second-order valence-electron chi connectivity index (χ2n) is 5.19. The van der Waals surface area contributed by atoms with Crippen LogP contribution in [0.2, 0.25) is 5.02 Å². The summed E-state index contributed by atoms with van der Waals surface area (Å²) in [5, 5.41) is 15.3. The van der Waals surface area contributed by atoms with Crippen LogP contribution in [0.3, 0.4) is 0 Å². The number of carbonyl (C=O) groups excluding carboxylic acids is 2. The summed E-state index contributed by atoms with van der Waals surface area (Å²) in [4.78, 5) is 23.8. The highest BCUT2D eigenvalue weighted by atomic mass is 35.5. The second-order valence-corrected chi connectivity index (χ2v) is 6.51.